The number of thiophene rings is 1. The summed E-state index contributed by atoms with van der Waals surface area (Å²) in [5, 5.41) is 5.57. The van der Waals surface area contributed by atoms with Gasteiger partial charge in [-0.05, 0) is 42.5 Å². The number of halogens is 2. The number of sulfonamides is 1. The lowest BCUT2D eigenvalue weighted by Gasteiger charge is -2.08. The molecule has 0 atom stereocenters. The molecule has 4 rings (SSSR count). The summed E-state index contributed by atoms with van der Waals surface area (Å²) in [6.07, 6.45) is 2.03. The highest BCUT2D eigenvalue weighted by molar-refractivity contribution is 7.92. The Balaban J connectivity index is 1.64. The number of hydrogen-bond acceptors (Lipinski definition) is 6. The van der Waals surface area contributed by atoms with Crippen LogP contribution in [0.15, 0.2) is 39.1 Å². The van der Waals surface area contributed by atoms with E-state index >= 15 is 0 Å². The number of rotatable bonds is 5. The third-order valence-corrected chi connectivity index (χ3v) is 5.95. The van der Waals surface area contributed by atoms with E-state index in [0.29, 0.717) is 22.7 Å². The van der Waals surface area contributed by atoms with Crippen molar-refractivity contribution in [3.05, 3.63) is 47.1 Å². The first-order valence-electron chi connectivity index (χ1n) is 7.33. The van der Waals surface area contributed by atoms with Crippen molar-refractivity contribution in [1.29, 1.82) is 0 Å². The van der Waals surface area contributed by atoms with E-state index in [9.17, 15) is 17.2 Å². The van der Waals surface area contributed by atoms with Gasteiger partial charge in [0.05, 0.1) is 10.6 Å². The van der Waals surface area contributed by atoms with Crippen LogP contribution in [0.2, 0.25) is 0 Å². The lowest BCUT2D eigenvalue weighted by Crippen LogP contribution is -2.13. The second-order valence-corrected chi connectivity index (χ2v) is 8.18. The van der Waals surface area contributed by atoms with Crippen LogP contribution in [-0.2, 0) is 10.0 Å². The Bertz CT molecular complexity index is 1040. The maximum absolute atomic E-state index is 13.3. The Kier molecular flexibility index (Phi) is 3.80. The summed E-state index contributed by atoms with van der Waals surface area (Å²) in [6.45, 7) is 0. The smallest absolute Gasteiger partial charge is 0.270 e. The summed E-state index contributed by atoms with van der Waals surface area (Å²) >= 11 is 1.23. The second kappa shape index (κ2) is 5.88. The summed E-state index contributed by atoms with van der Waals surface area (Å²) in [5.41, 5.74) is 0.237. The van der Waals surface area contributed by atoms with Gasteiger partial charge in [-0.25, -0.2) is 17.2 Å². The van der Waals surface area contributed by atoms with Crippen LogP contribution in [0.4, 0.5) is 14.5 Å². The Morgan fingerprint density at radius 3 is 2.72 bits per heavy atom. The van der Waals surface area contributed by atoms with E-state index in [1.54, 1.807) is 11.4 Å². The molecule has 0 bridgehead atoms. The molecule has 1 aliphatic carbocycles. The van der Waals surface area contributed by atoms with E-state index in [0.717, 1.165) is 25.0 Å². The van der Waals surface area contributed by atoms with Crippen molar-refractivity contribution in [1.82, 2.24) is 10.1 Å². The first-order valence-corrected chi connectivity index (χ1v) is 9.69. The molecule has 0 spiro atoms. The summed E-state index contributed by atoms with van der Waals surface area (Å²) in [6, 6.07) is 3.92. The van der Waals surface area contributed by atoms with Crippen molar-refractivity contribution < 1.29 is 21.7 Å². The summed E-state index contributed by atoms with van der Waals surface area (Å²) in [5.74, 6) is -1.22. The Labute approximate surface area is 145 Å². The van der Waals surface area contributed by atoms with Crippen LogP contribution in [0.1, 0.15) is 24.6 Å². The summed E-state index contributed by atoms with van der Waals surface area (Å²) in [4.78, 5) is 4.37. The third kappa shape index (κ3) is 3.14. The SMILES string of the molecule is O=S(=O)(Nc1ccsc1-c1nc(C2CC2)no1)c1ccc(F)c(F)c1. The fourth-order valence-electron chi connectivity index (χ4n) is 2.24. The van der Waals surface area contributed by atoms with Crippen molar-refractivity contribution in [3.63, 3.8) is 0 Å². The lowest BCUT2D eigenvalue weighted by atomic mass is 10.3. The molecule has 1 aromatic carbocycles. The van der Waals surface area contributed by atoms with Crippen LogP contribution >= 0.6 is 11.3 Å². The standard InChI is InChI=1S/C15H11F2N3O3S2/c16-10-4-3-9(7-11(10)17)25(21,22)20-12-5-6-24-13(12)15-18-14(19-23-15)8-1-2-8/h3-8,20H,1-2H2. The first kappa shape index (κ1) is 16.2. The van der Waals surface area contributed by atoms with E-state index in [1.807, 2.05) is 0 Å². The third-order valence-electron chi connectivity index (χ3n) is 3.69. The Morgan fingerprint density at radius 1 is 1.20 bits per heavy atom. The van der Waals surface area contributed by atoms with Crippen molar-refractivity contribution in [2.24, 2.45) is 0 Å². The normalized spacial score (nSPS) is 14.6. The van der Waals surface area contributed by atoms with Crippen LogP contribution < -0.4 is 4.72 Å². The molecule has 1 saturated carbocycles. The lowest BCUT2D eigenvalue weighted by molar-refractivity contribution is 0.423. The van der Waals surface area contributed by atoms with Crippen LogP contribution in [0.5, 0.6) is 0 Å². The highest BCUT2D eigenvalue weighted by Gasteiger charge is 2.30. The summed E-state index contributed by atoms with van der Waals surface area (Å²) in [7, 11) is -4.09. The van der Waals surface area contributed by atoms with Crippen molar-refractivity contribution in [2.75, 3.05) is 4.72 Å². The number of benzene rings is 1. The van der Waals surface area contributed by atoms with Gasteiger partial charge in [0.2, 0.25) is 0 Å². The molecule has 1 N–H and O–H groups in total. The zero-order valence-corrected chi connectivity index (χ0v) is 14.2. The van der Waals surface area contributed by atoms with E-state index in [4.69, 9.17) is 4.52 Å². The number of nitrogens with one attached hydrogen (secondary N) is 1. The molecule has 6 nitrogen and oxygen atoms in total. The molecule has 1 aliphatic rings. The molecule has 25 heavy (non-hydrogen) atoms. The van der Waals surface area contributed by atoms with Crippen molar-refractivity contribution in [3.8, 4) is 10.8 Å². The van der Waals surface area contributed by atoms with E-state index in [1.165, 1.54) is 11.3 Å². The zero-order chi connectivity index (χ0) is 17.6. The Hall–Kier alpha value is -2.33. The summed E-state index contributed by atoms with van der Waals surface area (Å²) < 4.78 is 58.7. The van der Waals surface area contributed by atoms with E-state index in [-0.39, 0.29) is 16.5 Å². The van der Waals surface area contributed by atoms with Gasteiger partial charge < -0.3 is 4.52 Å². The highest BCUT2D eigenvalue weighted by atomic mass is 32.2. The van der Waals surface area contributed by atoms with Gasteiger partial charge in [-0.15, -0.1) is 11.3 Å². The molecule has 130 valence electrons. The first-order chi connectivity index (χ1) is 11.9. The maximum atomic E-state index is 13.3. The number of hydrogen-bond donors (Lipinski definition) is 1. The average Bonchev–Trinajstić information content (AvgIpc) is 3.13. The molecule has 0 aliphatic heterocycles. The molecule has 0 unspecified atom stereocenters. The maximum Gasteiger partial charge on any atom is 0.270 e. The van der Waals surface area contributed by atoms with Gasteiger partial charge in [-0.2, -0.15) is 4.98 Å². The molecule has 2 aromatic heterocycles. The number of aromatic nitrogens is 2. The predicted octanol–water partition coefficient (Wildman–Crippen LogP) is 3.75. The predicted molar refractivity (Wildman–Crippen MR) is 86.8 cm³/mol. The molecule has 3 aromatic rings. The topological polar surface area (TPSA) is 85.1 Å². The van der Waals surface area contributed by atoms with Gasteiger partial charge in [-0.1, -0.05) is 5.16 Å². The number of nitrogens with zero attached hydrogens (tertiary/aromatic N) is 2. The largest absolute Gasteiger partial charge is 0.333 e. The minimum atomic E-state index is -4.09. The van der Waals surface area contributed by atoms with Gasteiger partial charge in [0.15, 0.2) is 17.5 Å². The fraction of sp³-hybridized carbons (Fsp3) is 0.200. The number of anilines is 1. The Morgan fingerprint density at radius 2 is 2.00 bits per heavy atom. The van der Waals surface area contributed by atoms with Gasteiger partial charge in [0.25, 0.3) is 15.9 Å². The molecule has 0 saturated heterocycles. The molecule has 10 heteroatoms. The zero-order valence-electron chi connectivity index (χ0n) is 12.6. The monoisotopic (exact) mass is 383 g/mol. The van der Waals surface area contributed by atoms with Gasteiger partial charge in [0, 0.05) is 5.92 Å². The van der Waals surface area contributed by atoms with E-state index in [2.05, 4.69) is 14.9 Å². The minimum absolute atomic E-state index is 0.222. The fourth-order valence-corrected chi connectivity index (χ4v) is 4.16. The second-order valence-electron chi connectivity index (χ2n) is 5.58. The molecular formula is C15H11F2N3O3S2. The van der Waals surface area contributed by atoms with Crippen LogP contribution in [-0.4, -0.2) is 18.6 Å². The molecule has 2 heterocycles. The van der Waals surface area contributed by atoms with E-state index < -0.39 is 21.7 Å². The highest BCUT2D eigenvalue weighted by Crippen LogP contribution is 2.40. The van der Waals surface area contributed by atoms with Crippen LogP contribution in [0, 0.1) is 11.6 Å². The molecular weight excluding hydrogens is 372 g/mol. The van der Waals surface area contributed by atoms with Crippen molar-refractivity contribution in [2.45, 2.75) is 23.7 Å². The average molecular weight is 383 g/mol. The van der Waals surface area contributed by atoms with Gasteiger partial charge >= 0.3 is 0 Å². The van der Waals surface area contributed by atoms with Gasteiger partial charge in [-0.3, -0.25) is 4.72 Å². The molecule has 0 radical (unpaired) electrons. The molecule has 0 amide bonds. The van der Waals surface area contributed by atoms with Crippen molar-refractivity contribution >= 4 is 27.0 Å². The minimum Gasteiger partial charge on any atom is -0.333 e. The molecule has 1 fully saturated rings. The van der Waals surface area contributed by atoms with Crippen LogP contribution in [0.3, 0.4) is 0 Å². The quantitative estimate of drug-likeness (QED) is 0.725. The van der Waals surface area contributed by atoms with Gasteiger partial charge in [0.1, 0.15) is 4.88 Å². The van der Waals surface area contributed by atoms with Crippen LogP contribution in [0.25, 0.3) is 10.8 Å².